The molecule has 0 bridgehead atoms. The van der Waals surface area contributed by atoms with Gasteiger partial charge in [-0.05, 0) is 31.0 Å². The minimum atomic E-state index is -0.248. The van der Waals surface area contributed by atoms with Crippen LogP contribution in [0, 0.1) is 6.92 Å². The molecule has 0 fully saturated rings. The number of rotatable bonds is 6. The second kappa shape index (κ2) is 6.99. The van der Waals surface area contributed by atoms with Crippen LogP contribution in [0.15, 0.2) is 45.7 Å². The predicted molar refractivity (Wildman–Crippen MR) is 85.8 cm³/mol. The zero-order valence-corrected chi connectivity index (χ0v) is 13.4. The average Bonchev–Trinajstić information content (AvgIpc) is 3.24. The average molecular weight is 327 g/mol. The Morgan fingerprint density at radius 1 is 1.33 bits per heavy atom. The molecule has 0 spiro atoms. The monoisotopic (exact) mass is 327 g/mol. The predicted octanol–water partition coefficient (Wildman–Crippen LogP) is 2.62. The van der Waals surface area contributed by atoms with Crippen LogP contribution in [0.3, 0.4) is 0 Å². The highest BCUT2D eigenvalue weighted by Crippen LogP contribution is 2.26. The summed E-state index contributed by atoms with van der Waals surface area (Å²) >= 11 is 0. The number of carbonyl (C=O) groups excluding carboxylic acids is 1. The summed E-state index contributed by atoms with van der Waals surface area (Å²) in [5, 5.41) is 6.72. The number of furan rings is 1. The molecule has 3 aromatic rings. The molecule has 0 aliphatic heterocycles. The molecule has 3 aromatic heterocycles. The molecule has 0 saturated carbocycles. The lowest BCUT2D eigenvalue weighted by Crippen LogP contribution is -2.26. The first-order chi connectivity index (χ1) is 11.7. The number of hydrogen-bond donors (Lipinski definition) is 1. The van der Waals surface area contributed by atoms with Crippen LogP contribution < -0.4 is 10.1 Å². The normalized spacial score (nSPS) is 10.6. The van der Waals surface area contributed by atoms with Crippen molar-refractivity contribution >= 4 is 5.91 Å². The Kier molecular flexibility index (Phi) is 4.60. The Labute approximate surface area is 138 Å². The molecular formula is C17H17N3O4. The molecule has 124 valence electrons. The second-order valence-electron chi connectivity index (χ2n) is 5.16. The van der Waals surface area contributed by atoms with E-state index in [0.29, 0.717) is 41.6 Å². The maximum atomic E-state index is 12.4. The smallest absolute Gasteiger partial charge is 0.257 e. The third-order valence-electron chi connectivity index (χ3n) is 3.54. The molecule has 0 atom stereocenters. The summed E-state index contributed by atoms with van der Waals surface area (Å²) in [7, 11) is 1.57. The van der Waals surface area contributed by atoms with Crippen molar-refractivity contribution in [3.05, 3.63) is 53.5 Å². The second-order valence-corrected chi connectivity index (χ2v) is 5.16. The first-order valence-corrected chi connectivity index (χ1v) is 7.46. The van der Waals surface area contributed by atoms with Gasteiger partial charge in [0.1, 0.15) is 5.56 Å². The zero-order chi connectivity index (χ0) is 16.9. The number of methoxy groups -OCH3 is 1. The highest BCUT2D eigenvalue weighted by molar-refractivity contribution is 6.00. The van der Waals surface area contributed by atoms with Gasteiger partial charge in [-0.2, -0.15) is 0 Å². The number of pyridine rings is 1. The van der Waals surface area contributed by atoms with Crippen molar-refractivity contribution < 1.29 is 18.5 Å². The number of nitrogens with zero attached hydrogens (tertiary/aromatic N) is 2. The maximum Gasteiger partial charge on any atom is 0.257 e. The third-order valence-corrected chi connectivity index (χ3v) is 3.54. The molecule has 0 unspecified atom stereocenters. The molecule has 0 aliphatic rings. The van der Waals surface area contributed by atoms with Crippen LogP contribution in [0.5, 0.6) is 5.88 Å². The molecular weight excluding hydrogens is 310 g/mol. The number of aryl methyl sites for hydroxylation is 1. The molecule has 0 saturated heterocycles. The minimum absolute atomic E-state index is 0.248. The highest BCUT2D eigenvalue weighted by Gasteiger charge is 2.23. The van der Waals surface area contributed by atoms with Crippen molar-refractivity contribution in [3.63, 3.8) is 0 Å². The number of aromatic nitrogens is 2. The van der Waals surface area contributed by atoms with E-state index < -0.39 is 0 Å². The van der Waals surface area contributed by atoms with Gasteiger partial charge in [0.25, 0.3) is 5.91 Å². The van der Waals surface area contributed by atoms with Crippen LogP contribution in [-0.4, -0.2) is 29.7 Å². The number of hydrogen-bond acceptors (Lipinski definition) is 6. The fraction of sp³-hybridized carbons (Fsp3) is 0.235. The Bertz CT molecular complexity index is 807. The summed E-state index contributed by atoms with van der Waals surface area (Å²) in [5.41, 5.74) is 1.91. The van der Waals surface area contributed by atoms with E-state index in [1.54, 1.807) is 38.4 Å². The number of ether oxygens (including phenoxy) is 1. The molecule has 7 nitrogen and oxygen atoms in total. The lowest BCUT2D eigenvalue weighted by atomic mass is 10.1. The quantitative estimate of drug-likeness (QED) is 0.748. The summed E-state index contributed by atoms with van der Waals surface area (Å²) in [6.45, 7) is 2.19. The van der Waals surface area contributed by atoms with Gasteiger partial charge in [0, 0.05) is 18.8 Å². The van der Waals surface area contributed by atoms with Gasteiger partial charge in [-0.1, -0.05) is 11.2 Å². The van der Waals surface area contributed by atoms with Gasteiger partial charge in [0.05, 0.1) is 19.1 Å². The van der Waals surface area contributed by atoms with Gasteiger partial charge in [0.15, 0.2) is 5.76 Å². The van der Waals surface area contributed by atoms with Crippen molar-refractivity contribution in [2.45, 2.75) is 13.3 Å². The summed E-state index contributed by atoms with van der Waals surface area (Å²) in [6.07, 6.45) is 3.90. The van der Waals surface area contributed by atoms with E-state index in [1.165, 1.54) is 6.26 Å². The van der Waals surface area contributed by atoms with E-state index in [0.717, 1.165) is 5.56 Å². The van der Waals surface area contributed by atoms with Crippen molar-refractivity contribution in [1.29, 1.82) is 0 Å². The Morgan fingerprint density at radius 3 is 2.88 bits per heavy atom. The molecule has 0 radical (unpaired) electrons. The van der Waals surface area contributed by atoms with Gasteiger partial charge in [0.2, 0.25) is 11.6 Å². The zero-order valence-electron chi connectivity index (χ0n) is 13.4. The topological polar surface area (TPSA) is 90.4 Å². The summed E-state index contributed by atoms with van der Waals surface area (Å²) < 4.78 is 15.5. The molecule has 3 heterocycles. The van der Waals surface area contributed by atoms with Gasteiger partial charge in [-0.15, -0.1) is 0 Å². The SMILES string of the molecule is COc1ccc(CCNC(=O)c2c(C)noc2-c2ccco2)cn1. The molecule has 0 aliphatic carbocycles. The number of nitrogens with one attached hydrogen (secondary N) is 1. The lowest BCUT2D eigenvalue weighted by Gasteiger charge is -2.06. The van der Waals surface area contributed by atoms with E-state index in [2.05, 4.69) is 15.5 Å². The van der Waals surface area contributed by atoms with Crippen LogP contribution in [0.25, 0.3) is 11.5 Å². The summed E-state index contributed by atoms with van der Waals surface area (Å²) in [4.78, 5) is 16.6. The molecule has 3 rings (SSSR count). The molecule has 24 heavy (non-hydrogen) atoms. The molecule has 7 heteroatoms. The Hall–Kier alpha value is -3.09. The van der Waals surface area contributed by atoms with Gasteiger partial charge in [-0.3, -0.25) is 4.79 Å². The summed E-state index contributed by atoms with van der Waals surface area (Å²) in [5.74, 6) is 1.12. The summed E-state index contributed by atoms with van der Waals surface area (Å²) in [6, 6.07) is 7.15. The Morgan fingerprint density at radius 2 is 2.21 bits per heavy atom. The lowest BCUT2D eigenvalue weighted by molar-refractivity contribution is 0.0953. The number of carbonyl (C=O) groups is 1. The van der Waals surface area contributed by atoms with E-state index >= 15 is 0 Å². The fourth-order valence-electron chi connectivity index (χ4n) is 2.30. The fourth-order valence-corrected chi connectivity index (χ4v) is 2.30. The molecule has 1 amide bonds. The van der Waals surface area contributed by atoms with E-state index in [4.69, 9.17) is 13.7 Å². The largest absolute Gasteiger partial charge is 0.481 e. The first-order valence-electron chi connectivity index (χ1n) is 7.46. The van der Waals surface area contributed by atoms with Gasteiger partial charge in [-0.25, -0.2) is 4.98 Å². The maximum absolute atomic E-state index is 12.4. The Balaban J connectivity index is 1.64. The van der Waals surface area contributed by atoms with E-state index in [-0.39, 0.29) is 5.91 Å². The van der Waals surface area contributed by atoms with E-state index in [1.807, 2.05) is 6.07 Å². The van der Waals surface area contributed by atoms with Crippen molar-refractivity contribution in [2.24, 2.45) is 0 Å². The van der Waals surface area contributed by atoms with Crippen LogP contribution >= 0.6 is 0 Å². The van der Waals surface area contributed by atoms with E-state index in [9.17, 15) is 4.79 Å². The minimum Gasteiger partial charge on any atom is -0.481 e. The standard InChI is InChI=1S/C17H17N3O4/c1-11-15(16(24-20-11)13-4-3-9-23-13)17(21)18-8-7-12-5-6-14(22-2)19-10-12/h3-6,9-10H,7-8H2,1-2H3,(H,18,21). The molecule has 0 aromatic carbocycles. The van der Waals surface area contributed by atoms with Gasteiger partial charge >= 0.3 is 0 Å². The number of amides is 1. The van der Waals surface area contributed by atoms with Crippen LogP contribution in [-0.2, 0) is 6.42 Å². The van der Waals surface area contributed by atoms with Crippen LogP contribution in [0.2, 0.25) is 0 Å². The third kappa shape index (κ3) is 3.29. The van der Waals surface area contributed by atoms with Gasteiger partial charge < -0.3 is 19.0 Å². The molecule has 1 N–H and O–H groups in total. The van der Waals surface area contributed by atoms with Crippen LogP contribution in [0.4, 0.5) is 0 Å². The van der Waals surface area contributed by atoms with Crippen molar-refractivity contribution in [1.82, 2.24) is 15.5 Å². The highest BCUT2D eigenvalue weighted by atomic mass is 16.5. The first kappa shape index (κ1) is 15.8. The van der Waals surface area contributed by atoms with Crippen LogP contribution in [0.1, 0.15) is 21.6 Å². The van der Waals surface area contributed by atoms with Crippen molar-refractivity contribution in [2.75, 3.05) is 13.7 Å². The van der Waals surface area contributed by atoms with Crippen molar-refractivity contribution in [3.8, 4) is 17.4 Å².